The molecule has 188 valence electrons. The van der Waals surface area contributed by atoms with Crippen molar-refractivity contribution in [3.05, 3.63) is 64.7 Å². The highest BCUT2D eigenvalue weighted by Gasteiger charge is 2.51. The predicted molar refractivity (Wildman–Crippen MR) is 140 cm³/mol. The van der Waals surface area contributed by atoms with Crippen molar-refractivity contribution in [2.75, 3.05) is 12.3 Å². The molecule has 0 aromatic heterocycles. The zero-order valence-corrected chi connectivity index (χ0v) is 20.7. The fourth-order valence-electron chi connectivity index (χ4n) is 5.17. The zero-order chi connectivity index (χ0) is 25.2. The number of nitrogen functional groups attached to an aromatic ring is 1. The van der Waals surface area contributed by atoms with Crippen molar-refractivity contribution < 1.29 is 14.4 Å². The predicted octanol–water partition coefficient (Wildman–Crippen LogP) is 4.18. The van der Waals surface area contributed by atoms with Gasteiger partial charge in [-0.15, -0.1) is 0 Å². The van der Waals surface area contributed by atoms with Gasteiger partial charge in [-0.05, 0) is 55.2 Å². The summed E-state index contributed by atoms with van der Waals surface area (Å²) in [5.74, 6) is 0.137. The van der Waals surface area contributed by atoms with Crippen molar-refractivity contribution in [1.82, 2.24) is 9.96 Å². The van der Waals surface area contributed by atoms with Crippen LogP contribution < -0.4 is 11.5 Å². The second-order valence-corrected chi connectivity index (χ2v) is 9.78. The topological polar surface area (TPSA) is 114 Å². The van der Waals surface area contributed by atoms with Crippen LogP contribution in [0.2, 0.25) is 0 Å². The van der Waals surface area contributed by atoms with E-state index in [-0.39, 0.29) is 24.8 Å². The lowest BCUT2D eigenvalue weighted by atomic mass is 10.0. The quantitative estimate of drug-likeness (QED) is 0.345. The molecule has 1 aliphatic carbocycles. The number of amides is 2. The number of carbonyl (C=O) groups excluding carboxylic acids is 2. The second kappa shape index (κ2) is 10.1. The first kappa shape index (κ1) is 24.1. The Bertz CT molecular complexity index is 1210. The molecule has 8 heteroatoms. The normalized spacial score (nSPS) is 20.4. The molecule has 2 heterocycles. The van der Waals surface area contributed by atoms with Crippen LogP contribution in [0.3, 0.4) is 0 Å². The van der Waals surface area contributed by atoms with Crippen LogP contribution in [-0.2, 0) is 16.2 Å². The van der Waals surface area contributed by atoms with Gasteiger partial charge in [-0.2, -0.15) is 0 Å². The molecule has 2 amide bonds. The molecule has 0 spiro atoms. The fraction of sp³-hybridized carbons (Fsp3) is 0.393. The largest absolute Gasteiger partial charge is 0.399 e. The van der Waals surface area contributed by atoms with Gasteiger partial charge in [-0.3, -0.25) is 14.4 Å². The van der Waals surface area contributed by atoms with Gasteiger partial charge >= 0.3 is 0 Å². The van der Waals surface area contributed by atoms with Crippen molar-refractivity contribution in [2.24, 2.45) is 10.7 Å². The summed E-state index contributed by atoms with van der Waals surface area (Å²) in [6.07, 6.45) is 7.32. The van der Waals surface area contributed by atoms with Crippen LogP contribution in [0.1, 0.15) is 66.9 Å². The lowest BCUT2D eigenvalue weighted by molar-refractivity contribution is -0.187. The smallest absolute Gasteiger partial charge is 0.273 e. The lowest BCUT2D eigenvalue weighted by Crippen LogP contribution is -2.34. The zero-order valence-electron chi connectivity index (χ0n) is 20.7. The molecular formula is C28H33N5O3. The summed E-state index contributed by atoms with van der Waals surface area (Å²) in [7, 11) is 0. The highest BCUT2D eigenvalue weighted by molar-refractivity contribution is 6.06. The van der Waals surface area contributed by atoms with Gasteiger partial charge in [0.15, 0.2) is 0 Å². The van der Waals surface area contributed by atoms with Gasteiger partial charge in [0.25, 0.3) is 11.8 Å². The first-order valence-corrected chi connectivity index (χ1v) is 12.7. The van der Waals surface area contributed by atoms with Crippen molar-refractivity contribution in [1.29, 1.82) is 0 Å². The Morgan fingerprint density at radius 2 is 1.81 bits per heavy atom. The third-order valence-corrected chi connectivity index (χ3v) is 7.09. The number of likely N-dealkylation sites (tertiary alicyclic amines) is 1. The molecule has 2 aromatic rings. The average molecular weight is 488 g/mol. The van der Waals surface area contributed by atoms with Gasteiger partial charge in [0, 0.05) is 35.4 Å². The Morgan fingerprint density at radius 3 is 2.50 bits per heavy atom. The first-order chi connectivity index (χ1) is 17.4. The summed E-state index contributed by atoms with van der Waals surface area (Å²) >= 11 is 0. The van der Waals surface area contributed by atoms with Gasteiger partial charge in [-0.1, -0.05) is 38.0 Å². The Morgan fingerprint density at radius 1 is 1.08 bits per heavy atom. The summed E-state index contributed by atoms with van der Waals surface area (Å²) < 4.78 is 0. The van der Waals surface area contributed by atoms with Crippen LogP contribution in [0.15, 0.2) is 53.0 Å². The summed E-state index contributed by atoms with van der Waals surface area (Å²) in [5, 5.41) is 1.39. The van der Waals surface area contributed by atoms with Gasteiger partial charge in [0.2, 0.25) is 0 Å². The number of anilines is 1. The Hall–Kier alpha value is -3.65. The van der Waals surface area contributed by atoms with Crippen molar-refractivity contribution in [2.45, 2.75) is 64.1 Å². The van der Waals surface area contributed by atoms with E-state index >= 15 is 0 Å². The van der Waals surface area contributed by atoms with Crippen LogP contribution in [0, 0.1) is 0 Å². The Labute approximate surface area is 211 Å². The minimum Gasteiger partial charge on any atom is -0.399 e. The molecule has 36 heavy (non-hydrogen) atoms. The van der Waals surface area contributed by atoms with Crippen LogP contribution in [0.4, 0.5) is 11.4 Å². The number of hydrogen-bond donors (Lipinski definition) is 2. The average Bonchev–Trinajstić information content (AvgIpc) is 3.64. The van der Waals surface area contributed by atoms with Gasteiger partial charge in [0.05, 0.1) is 17.8 Å². The standard InChI is InChI=1S/C28H33N5O3/c1-2-13-32(36-17-18-7-11-22(29)12-8-18)27(34)21-14-19-9-10-20(15-23(19)31-26(30)16-21)28(35)33-24-5-3-4-6-25(24)33/h7-12,14-15,24-25H,2-6,13,16-17,29H2,1H3,(H2,30,31). The molecule has 1 saturated heterocycles. The maximum absolute atomic E-state index is 13.4. The SMILES string of the molecule is CCCN(OCc1ccc(N)cc1)C(=O)C1=Cc2ccc(C(=O)N3C4CCCCC43)cc2N=C(N)C1. The molecule has 0 radical (unpaired) electrons. The van der Waals surface area contributed by atoms with Gasteiger partial charge < -0.3 is 16.4 Å². The number of nitrogens with zero attached hydrogens (tertiary/aromatic N) is 3. The molecule has 8 nitrogen and oxygen atoms in total. The minimum atomic E-state index is -0.244. The van der Waals surface area contributed by atoms with E-state index in [0.29, 0.717) is 47.0 Å². The number of hydroxylamine groups is 2. The maximum Gasteiger partial charge on any atom is 0.273 e. The number of rotatable bonds is 7. The molecule has 4 N–H and O–H groups in total. The number of fused-ring (bicyclic) bond motifs is 2. The number of benzene rings is 2. The minimum absolute atomic E-state index is 0.0539. The summed E-state index contributed by atoms with van der Waals surface area (Å²) in [6, 6.07) is 13.6. The number of amidine groups is 1. The highest BCUT2D eigenvalue weighted by atomic mass is 16.7. The lowest BCUT2D eigenvalue weighted by Gasteiger charge is -2.22. The van der Waals surface area contributed by atoms with E-state index in [1.807, 2.05) is 42.2 Å². The van der Waals surface area contributed by atoms with Crippen LogP contribution in [0.25, 0.3) is 6.08 Å². The van der Waals surface area contributed by atoms with E-state index in [9.17, 15) is 9.59 Å². The highest BCUT2D eigenvalue weighted by Crippen LogP contribution is 2.42. The molecule has 2 fully saturated rings. The molecular weight excluding hydrogens is 454 g/mol. The van der Waals surface area contributed by atoms with Crippen molar-refractivity contribution in [3.63, 3.8) is 0 Å². The van der Waals surface area contributed by atoms with Gasteiger partial charge in [0.1, 0.15) is 12.4 Å². The molecule has 2 unspecified atom stereocenters. The Kier molecular flexibility index (Phi) is 6.78. The van der Waals surface area contributed by atoms with E-state index in [2.05, 4.69) is 4.99 Å². The van der Waals surface area contributed by atoms with E-state index in [1.54, 1.807) is 18.2 Å². The third-order valence-electron chi connectivity index (χ3n) is 7.09. The van der Waals surface area contributed by atoms with Gasteiger partial charge in [-0.25, -0.2) is 10.1 Å². The number of aliphatic imine (C=N–C) groups is 1. The number of nitrogens with two attached hydrogens (primary N) is 2. The molecule has 5 rings (SSSR count). The Balaban J connectivity index is 1.34. The fourth-order valence-corrected chi connectivity index (χ4v) is 5.17. The van der Waals surface area contributed by atoms with E-state index in [4.69, 9.17) is 16.3 Å². The number of hydrogen-bond acceptors (Lipinski definition) is 6. The number of carbonyl (C=O) groups is 2. The van der Waals surface area contributed by atoms with Crippen LogP contribution in [0.5, 0.6) is 0 Å². The monoisotopic (exact) mass is 487 g/mol. The van der Waals surface area contributed by atoms with Crippen molar-refractivity contribution >= 4 is 35.1 Å². The third kappa shape index (κ3) is 4.99. The second-order valence-electron chi connectivity index (χ2n) is 9.78. The summed E-state index contributed by atoms with van der Waals surface area (Å²) in [6.45, 7) is 2.69. The summed E-state index contributed by atoms with van der Waals surface area (Å²) in [5.41, 5.74) is 16.0. The summed E-state index contributed by atoms with van der Waals surface area (Å²) in [4.78, 5) is 39.0. The molecule has 1 saturated carbocycles. The first-order valence-electron chi connectivity index (χ1n) is 12.7. The van der Waals surface area contributed by atoms with E-state index < -0.39 is 0 Å². The molecule has 3 aliphatic rings. The molecule has 2 aliphatic heterocycles. The molecule has 0 bridgehead atoms. The van der Waals surface area contributed by atoms with Crippen LogP contribution in [-0.4, -0.2) is 46.2 Å². The molecule has 2 atom stereocenters. The molecule has 2 aromatic carbocycles. The maximum atomic E-state index is 13.4. The van der Waals surface area contributed by atoms with E-state index in [0.717, 1.165) is 30.4 Å². The van der Waals surface area contributed by atoms with Crippen molar-refractivity contribution in [3.8, 4) is 0 Å². The van der Waals surface area contributed by atoms with Crippen LogP contribution >= 0.6 is 0 Å². The van der Waals surface area contributed by atoms with E-state index in [1.165, 1.54) is 17.9 Å².